The Morgan fingerprint density at radius 1 is 1.30 bits per heavy atom. The number of nitrogens with zero attached hydrogens (tertiary/aromatic N) is 1. The van der Waals surface area contributed by atoms with Crippen LogP contribution >= 0.6 is 23.2 Å². The normalized spacial score (nSPS) is 17.1. The van der Waals surface area contributed by atoms with E-state index in [0.29, 0.717) is 22.3 Å². The lowest BCUT2D eigenvalue weighted by molar-refractivity contribution is 0.0579. The molecule has 20 heavy (non-hydrogen) atoms. The van der Waals surface area contributed by atoms with Crippen LogP contribution in [0.1, 0.15) is 40.2 Å². The van der Waals surface area contributed by atoms with E-state index < -0.39 is 5.60 Å². The van der Waals surface area contributed by atoms with E-state index >= 15 is 0 Å². The van der Waals surface area contributed by atoms with Crippen molar-refractivity contribution >= 4 is 35.0 Å². The summed E-state index contributed by atoms with van der Waals surface area (Å²) in [7, 11) is 0. The largest absolute Gasteiger partial charge is 0.443 e. The second kappa shape index (κ2) is 4.81. The number of amides is 1. The molecule has 1 heterocycles. The van der Waals surface area contributed by atoms with Gasteiger partial charge >= 0.3 is 6.09 Å². The minimum absolute atomic E-state index is 0.208. The topological polar surface area (TPSA) is 29.5 Å². The molecule has 1 aromatic rings. The van der Waals surface area contributed by atoms with Crippen LogP contribution < -0.4 is 4.90 Å². The van der Waals surface area contributed by atoms with Crippen molar-refractivity contribution in [2.75, 3.05) is 11.4 Å². The van der Waals surface area contributed by atoms with Gasteiger partial charge in [-0.05, 0) is 38.5 Å². The van der Waals surface area contributed by atoms with Gasteiger partial charge in [-0.1, -0.05) is 37.0 Å². The summed E-state index contributed by atoms with van der Waals surface area (Å²) >= 11 is 12.3. The van der Waals surface area contributed by atoms with Gasteiger partial charge in [-0.3, -0.25) is 4.90 Å². The van der Waals surface area contributed by atoms with Crippen LogP contribution in [0.25, 0.3) is 0 Å². The van der Waals surface area contributed by atoms with Crippen molar-refractivity contribution in [2.24, 2.45) is 0 Å². The number of anilines is 1. The Balaban J connectivity index is 2.45. The molecule has 5 heteroatoms. The molecule has 2 rings (SSSR count). The van der Waals surface area contributed by atoms with E-state index in [1.165, 1.54) is 0 Å². The first-order valence-electron chi connectivity index (χ1n) is 6.51. The Morgan fingerprint density at radius 3 is 2.45 bits per heavy atom. The maximum Gasteiger partial charge on any atom is 0.414 e. The summed E-state index contributed by atoms with van der Waals surface area (Å²) in [6, 6.07) is 3.52. The molecule has 0 radical (unpaired) electrons. The van der Waals surface area contributed by atoms with Gasteiger partial charge in [0, 0.05) is 17.0 Å². The minimum atomic E-state index is -0.539. The number of benzene rings is 1. The van der Waals surface area contributed by atoms with E-state index in [4.69, 9.17) is 27.9 Å². The molecule has 0 saturated heterocycles. The predicted octanol–water partition coefficient (Wildman–Crippen LogP) is 5.03. The van der Waals surface area contributed by atoms with E-state index in [2.05, 4.69) is 13.8 Å². The number of ether oxygens (including phenoxy) is 1. The second-order valence-corrected chi connectivity index (χ2v) is 7.58. The lowest BCUT2D eigenvalue weighted by Gasteiger charge is -2.26. The van der Waals surface area contributed by atoms with Crippen LogP contribution in [0.3, 0.4) is 0 Å². The Hall–Kier alpha value is -0.930. The summed E-state index contributed by atoms with van der Waals surface area (Å²) in [6.45, 7) is 10.2. The van der Waals surface area contributed by atoms with Crippen molar-refractivity contribution in [3.05, 3.63) is 27.7 Å². The van der Waals surface area contributed by atoms with Crippen molar-refractivity contribution in [1.82, 2.24) is 0 Å². The highest BCUT2D eigenvalue weighted by atomic mass is 35.5. The van der Waals surface area contributed by atoms with Gasteiger partial charge in [0.25, 0.3) is 0 Å². The quantitative estimate of drug-likeness (QED) is 0.672. The van der Waals surface area contributed by atoms with Crippen LogP contribution in [-0.2, 0) is 10.2 Å². The van der Waals surface area contributed by atoms with E-state index in [1.807, 2.05) is 26.8 Å². The first-order valence-corrected chi connectivity index (χ1v) is 7.27. The molecular formula is C15H19Cl2NO2. The molecule has 110 valence electrons. The van der Waals surface area contributed by atoms with Crippen molar-refractivity contribution in [2.45, 2.75) is 45.6 Å². The first-order chi connectivity index (χ1) is 9.01. The molecule has 1 amide bonds. The van der Waals surface area contributed by atoms with Crippen molar-refractivity contribution in [3.63, 3.8) is 0 Å². The summed E-state index contributed by atoms with van der Waals surface area (Å²) in [4.78, 5) is 14.0. The molecule has 1 aromatic carbocycles. The number of rotatable bonds is 0. The van der Waals surface area contributed by atoms with Crippen LogP contribution in [-0.4, -0.2) is 18.2 Å². The van der Waals surface area contributed by atoms with Crippen LogP contribution in [0.4, 0.5) is 10.5 Å². The third-order valence-corrected chi connectivity index (χ3v) is 3.70. The molecule has 0 aromatic heterocycles. The molecule has 0 spiro atoms. The fraction of sp³-hybridized carbons (Fsp3) is 0.533. The van der Waals surface area contributed by atoms with Gasteiger partial charge in [0.1, 0.15) is 5.60 Å². The fourth-order valence-electron chi connectivity index (χ4n) is 2.39. The van der Waals surface area contributed by atoms with Crippen LogP contribution in [0.15, 0.2) is 12.1 Å². The Morgan fingerprint density at radius 2 is 1.90 bits per heavy atom. The fourth-order valence-corrected chi connectivity index (χ4v) is 2.98. The summed E-state index contributed by atoms with van der Waals surface area (Å²) in [5, 5.41) is 1.05. The molecule has 1 aliphatic rings. The van der Waals surface area contributed by atoms with Gasteiger partial charge in [-0.2, -0.15) is 0 Å². The lowest BCUT2D eigenvalue weighted by atomic mass is 9.87. The van der Waals surface area contributed by atoms with Gasteiger partial charge < -0.3 is 4.74 Å². The van der Waals surface area contributed by atoms with Crippen LogP contribution in [0, 0.1) is 0 Å². The smallest absolute Gasteiger partial charge is 0.414 e. The number of carbonyl (C=O) groups excluding carboxylic acids is 1. The Labute approximate surface area is 129 Å². The van der Waals surface area contributed by atoms with E-state index in [-0.39, 0.29) is 11.5 Å². The highest BCUT2D eigenvalue weighted by molar-refractivity contribution is 6.37. The molecule has 0 unspecified atom stereocenters. The zero-order chi connectivity index (χ0) is 15.3. The Bertz CT molecular complexity index is 562. The predicted molar refractivity (Wildman–Crippen MR) is 83.1 cm³/mol. The van der Waals surface area contributed by atoms with Gasteiger partial charge in [-0.25, -0.2) is 4.79 Å². The third-order valence-electron chi connectivity index (χ3n) is 3.19. The summed E-state index contributed by atoms with van der Waals surface area (Å²) < 4.78 is 5.45. The molecular weight excluding hydrogens is 297 g/mol. The molecule has 0 bridgehead atoms. The highest BCUT2D eigenvalue weighted by Crippen LogP contribution is 2.46. The maximum absolute atomic E-state index is 12.4. The SMILES string of the molecule is CC(C)(C)OC(=O)N1CC(C)(C)c2cc(Cl)cc(Cl)c21. The standard InChI is InChI=1S/C15H19Cl2NO2/c1-14(2,3)20-13(19)18-8-15(4,5)10-6-9(16)7-11(17)12(10)18/h6-7H,8H2,1-5H3. The molecule has 0 saturated carbocycles. The van der Waals surface area contributed by atoms with Gasteiger partial charge in [0.2, 0.25) is 0 Å². The average Bonchev–Trinajstić information content (AvgIpc) is 2.49. The minimum Gasteiger partial charge on any atom is -0.443 e. The molecule has 0 aliphatic carbocycles. The molecule has 0 N–H and O–H groups in total. The molecule has 0 atom stereocenters. The van der Waals surface area contributed by atoms with Gasteiger partial charge in [0.05, 0.1) is 10.7 Å². The summed E-state index contributed by atoms with van der Waals surface area (Å²) in [6.07, 6.45) is -0.381. The monoisotopic (exact) mass is 315 g/mol. The van der Waals surface area contributed by atoms with E-state index in [9.17, 15) is 4.79 Å². The summed E-state index contributed by atoms with van der Waals surface area (Å²) in [5.41, 5.74) is 0.931. The van der Waals surface area contributed by atoms with Gasteiger partial charge in [-0.15, -0.1) is 0 Å². The first kappa shape index (κ1) is 15.5. The average molecular weight is 316 g/mol. The summed E-state index contributed by atoms with van der Waals surface area (Å²) in [5.74, 6) is 0. The zero-order valence-electron chi connectivity index (χ0n) is 12.4. The second-order valence-electron chi connectivity index (χ2n) is 6.73. The lowest BCUT2D eigenvalue weighted by Crippen LogP contribution is -2.38. The van der Waals surface area contributed by atoms with Gasteiger partial charge in [0.15, 0.2) is 0 Å². The number of hydrogen-bond acceptors (Lipinski definition) is 2. The van der Waals surface area contributed by atoms with E-state index in [0.717, 1.165) is 5.56 Å². The van der Waals surface area contributed by atoms with Crippen LogP contribution in [0.5, 0.6) is 0 Å². The highest BCUT2D eigenvalue weighted by Gasteiger charge is 2.41. The maximum atomic E-state index is 12.4. The van der Waals surface area contributed by atoms with Crippen molar-refractivity contribution < 1.29 is 9.53 Å². The number of carbonyl (C=O) groups is 1. The van der Waals surface area contributed by atoms with Crippen molar-refractivity contribution in [3.8, 4) is 0 Å². The molecule has 3 nitrogen and oxygen atoms in total. The Kier molecular flexibility index (Phi) is 3.72. The van der Waals surface area contributed by atoms with Crippen LogP contribution in [0.2, 0.25) is 10.0 Å². The van der Waals surface area contributed by atoms with E-state index in [1.54, 1.807) is 11.0 Å². The number of halogens is 2. The van der Waals surface area contributed by atoms with Crippen molar-refractivity contribution in [1.29, 1.82) is 0 Å². The number of hydrogen-bond donors (Lipinski definition) is 0. The molecule has 0 fully saturated rings. The zero-order valence-corrected chi connectivity index (χ0v) is 13.9. The third kappa shape index (κ3) is 2.89. The molecule has 1 aliphatic heterocycles. The number of fused-ring (bicyclic) bond motifs is 1.